The Kier molecular flexibility index (Phi) is 4.27. The summed E-state index contributed by atoms with van der Waals surface area (Å²) in [7, 11) is -3.47. The van der Waals surface area contributed by atoms with E-state index in [1.54, 1.807) is 6.07 Å². The van der Waals surface area contributed by atoms with Crippen LogP contribution in [0.4, 0.5) is 0 Å². The molecule has 1 atom stereocenters. The van der Waals surface area contributed by atoms with Crippen LogP contribution in [0.1, 0.15) is 24.6 Å². The molecule has 0 radical (unpaired) electrons. The van der Waals surface area contributed by atoms with E-state index in [0.29, 0.717) is 23.6 Å². The van der Waals surface area contributed by atoms with E-state index in [0.717, 1.165) is 11.3 Å². The van der Waals surface area contributed by atoms with Gasteiger partial charge in [0.25, 0.3) is 10.0 Å². The van der Waals surface area contributed by atoms with E-state index < -0.39 is 15.9 Å². The molecule has 0 aromatic carbocycles. The molecule has 1 saturated heterocycles. The average molecular weight is 302 g/mol. The van der Waals surface area contributed by atoms with Crippen LogP contribution in [0.25, 0.3) is 0 Å². The number of nitrogens with zero attached hydrogens (tertiary/aromatic N) is 1. The molecular formula is C12H18N2O3S2. The van der Waals surface area contributed by atoms with Crippen LogP contribution in [-0.2, 0) is 21.2 Å². The number of sulfonamides is 1. The van der Waals surface area contributed by atoms with Crippen molar-refractivity contribution in [3.8, 4) is 0 Å². The van der Waals surface area contributed by atoms with Crippen molar-refractivity contribution in [3.63, 3.8) is 0 Å². The predicted molar refractivity (Wildman–Crippen MR) is 74.4 cm³/mol. The SMILES string of the molecule is CCc1ccc(S(=O)(=O)N2CCC[C@@H](C(N)=O)C2)s1. The van der Waals surface area contributed by atoms with Gasteiger partial charge in [0, 0.05) is 18.0 Å². The number of amides is 1. The van der Waals surface area contributed by atoms with Crippen LogP contribution in [0, 0.1) is 5.92 Å². The van der Waals surface area contributed by atoms with Gasteiger partial charge >= 0.3 is 0 Å². The number of aryl methyl sites for hydroxylation is 1. The zero-order valence-corrected chi connectivity index (χ0v) is 12.5. The van der Waals surface area contributed by atoms with E-state index in [2.05, 4.69) is 0 Å². The van der Waals surface area contributed by atoms with E-state index in [4.69, 9.17) is 5.73 Å². The minimum atomic E-state index is -3.47. The average Bonchev–Trinajstić information content (AvgIpc) is 2.88. The Labute approximate surface area is 117 Å². The lowest BCUT2D eigenvalue weighted by atomic mass is 9.99. The summed E-state index contributed by atoms with van der Waals surface area (Å²) in [5.74, 6) is -0.783. The highest BCUT2D eigenvalue weighted by Crippen LogP contribution is 2.28. The molecule has 106 valence electrons. The summed E-state index contributed by atoms with van der Waals surface area (Å²) in [6.07, 6.45) is 2.18. The molecule has 1 aliphatic rings. The smallest absolute Gasteiger partial charge is 0.252 e. The quantitative estimate of drug-likeness (QED) is 0.907. The lowest BCUT2D eigenvalue weighted by Gasteiger charge is -2.29. The summed E-state index contributed by atoms with van der Waals surface area (Å²) >= 11 is 1.30. The van der Waals surface area contributed by atoms with E-state index in [1.807, 2.05) is 13.0 Å². The molecule has 0 bridgehead atoms. The first-order valence-electron chi connectivity index (χ1n) is 6.33. The first kappa shape index (κ1) is 14.5. The zero-order valence-electron chi connectivity index (χ0n) is 10.8. The minimum absolute atomic E-state index is 0.205. The van der Waals surface area contributed by atoms with Crippen LogP contribution in [-0.4, -0.2) is 31.7 Å². The second kappa shape index (κ2) is 5.60. The maximum Gasteiger partial charge on any atom is 0.252 e. The van der Waals surface area contributed by atoms with Gasteiger partial charge < -0.3 is 5.73 Å². The maximum absolute atomic E-state index is 12.5. The Morgan fingerprint density at radius 1 is 1.53 bits per heavy atom. The van der Waals surface area contributed by atoms with Gasteiger partial charge in [-0.1, -0.05) is 6.92 Å². The van der Waals surface area contributed by atoms with E-state index in [-0.39, 0.29) is 12.5 Å². The van der Waals surface area contributed by atoms with E-state index in [1.165, 1.54) is 15.6 Å². The summed E-state index contributed by atoms with van der Waals surface area (Å²) in [5.41, 5.74) is 5.28. The Bertz CT molecular complexity index is 565. The summed E-state index contributed by atoms with van der Waals surface area (Å²) in [6, 6.07) is 3.49. The molecule has 0 unspecified atom stereocenters. The lowest BCUT2D eigenvalue weighted by molar-refractivity contribution is -0.122. The molecule has 5 nitrogen and oxygen atoms in total. The molecule has 0 spiro atoms. The van der Waals surface area contributed by atoms with Crippen molar-refractivity contribution in [2.45, 2.75) is 30.4 Å². The van der Waals surface area contributed by atoms with Gasteiger partial charge in [-0.3, -0.25) is 4.79 Å². The normalized spacial score (nSPS) is 21.4. The van der Waals surface area contributed by atoms with Gasteiger partial charge in [-0.2, -0.15) is 4.31 Å². The number of thiophene rings is 1. The zero-order chi connectivity index (χ0) is 14.0. The molecule has 2 heterocycles. The third-order valence-electron chi connectivity index (χ3n) is 3.37. The molecule has 1 aromatic rings. The minimum Gasteiger partial charge on any atom is -0.369 e. The molecule has 1 aliphatic heterocycles. The van der Waals surface area contributed by atoms with Gasteiger partial charge in [-0.25, -0.2) is 8.42 Å². The van der Waals surface area contributed by atoms with Crippen LogP contribution in [0.5, 0.6) is 0 Å². The highest BCUT2D eigenvalue weighted by atomic mass is 32.2. The number of hydrogen-bond donors (Lipinski definition) is 1. The summed E-state index contributed by atoms with van der Waals surface area (Å²) < 4.78 is 26.7. The van der Waals surface area contributed by atoms with Crippen molar-refractivity contribution in [2.24, 2.45) is 11.7 Å². The molecule has 1 aromatic heterocycles. The number of carbonyl (C=O) groups excluding carboxylic acids is 1. The van der Waals surface area contributed by atoms with Crippen molar-refractivity contribution < 1.29 is 13.2 Å². The molecule has 7 heteroatoms. The molecule has 1 fully saturated rings. The third-order valence-corrected chi connectivity index (χ3v) is 6.93. The number of nitrogens with two attached hydrogens (primary N) is 1. The second-order valence-electron chi connectivity index (χ2n) is 4.68. The van der Waals surface area contributed by atoms with Crippen LogP contribution >= 0.6 is 11.3 Å². The molecule has 0 saturated carbocycles. The summed E-state index contributed by atoms with van der Waals surface area (Å²) in [5, 5.41) is 0. The fourth-order valence-electron chi connectivity index (χ4n) is 2.21. The fourth-order valence-corrected chi connectivity index (χ4v) is 5.18. The first-order chi connectivity index (χ1) is 8.95. The highest BCUT2D eigenvalue weighted by Gasteiger charge is 2.33. The Balaban J connectivity index is 2.21. The van der Waals surface area contributed by atoms with Crippen LogP contribution in [0.15, 0.2) is 16.3 Å². The molecule has 1 amide bonds. The second-order valence-corrected chi connectivity index (χ2v) is 8.01. The van der Waals surface area contributed by atoms with Gasteiger partial charge in [0.2, 0.25) is 5.91 Å². The number of primary amides is 1. The van der Waals surface area contributed by atoms with Gasteiger partial charge in [0.05, 0.1) is 5.92 Å². The fraction of sp³-hybridized carbons (Fsp3) is 0.583. The molecule has 0 aliphatic carbocycles. The number of hydrogen-bond acceptors (Lipinski definition) is 4. The first-order valence-corrected chi connectivity index (χ1v) is 8.59. The van der Waals surface area contributed by atoms with Gasteiger partial charge in [0.1, 0.15) is 4.21 Å². The van der Waals surface area contributed by atoms with Crippen molar-refractivity contribution in [3.05, 3.63) is 17.0 Å². The summed E-state index contributed by atoms with van der Waals surface area (Å²) in [4.78, 5) is 12.3. The molecule has 2 N–H and O–H groups in total. The number of piperidine rings is 1. The van der Waals surface area contributed by atoms with Crippen LogP contribution in [0.3, 0.4) is 0 Å². The van der Waals surface area contributed by atoms with Crippen molar-refractivity contribution in [1.29, 1.82) is 0 Å². The van der Waals surface area contributed by atoms with Crippen molar-refractivity contribution >= 4 is 27.3 Å². The monoisotopic (exact) mass is 302 g/mol. The largest absolute Gasteiger partial charge is 0.369 e. The van der Waals surface area contributed by atoms with Crippen molar-refractivity contribution in [1.82, 2.24) is 4.31 Å². The Hall–Kier alpha value is -0.920. The molecule has 2 rings (SSSR count). The third kappa shape index (κ3) is 2.98. The van der Waals surface area contributed by atoms with E-state index >= 15 is 0 Å². The summed E-state index contributed by atoms with van der Waals surface area (Å²) in [6.45, 7) is 2.66. The topological polar surface area (TPSA) is 80.5 Å². The molecule has 19 heavy (non-hydrogen) atoms. The highest BCUT2D eigenvalue weighted by molar-refractivity contribution is 7.91. The Morgan fingerprint density at radius 3 is 2.84 bits per heavy atom. The Morgan fingerprint density at radius 2 is 2.26 bits per heavy atom. The maximum atomic E-state index is 12.5. The number of carbonyl (C=O) groups is 1. The lowest BCUT2D eigenvalue weighted by Crippen LogP contribution is -2.43. The van der Waals surface area contributed by atoms with Gasteiger partial charge in [0.15, 0.2) is 0 Å². The standard InChI is InChI=1S/C12H18N2O3S2/c1-2-10-5-6-11(18-10)19(16,17)14-7-3-4-9(8-14)12(13)15/h5-6,9H,2-4,7-8H2,1H3,(H2,13,15)/t9-/m1/s1. The van der Waals surface area contributed by atoms with E-state index in [9.17, 15) is 13.2 Å². The van der Waals surface area contributed by atoms with Gasteiger partial charge in [-0.15, -0.1) is 11.3 Å². The van der Waals surface area contributed by atoms with Gasteiger partial charge in [-0.05, 0) is 31.4 Å². The van der Waals surface area contributed by atoms with Crippen LogP contribution < -0.4 is 5.73 Å². The number of rotatable bonds is 4. The van der Waals surface area contributed by atoms with Crippen LogP contribution in [0.2, 0.25) is 0 Å². The molecular weight excluding hydrogens is 284 g/mol. The predicted octanol–water partition coefficient (Wildman–Crippen LogP) is 1.20. The van der Waals surface area contributed by atoms with Crippen molar-refractivity contribution in [2.75, 3.05) is 13.1 Å².